The van der Waals surface area contributed by atoms with Crippen molar-refractivity contribution in [1.82, 2.24) is 0 Å². The predicted octanol–water partition coefficient (Wildman–Crippen LogP) is 6.19. The average Bonchev–Trinajstić information content (AvgIpc) is 3.05. The molecule has 0 spiro atoms. The lowest BCUT2D eigenvalue weighted by atomic mass is 10.1. The molecule has 1 N–H and O–H groups in total. The second-order valence-electron chi connectivity index (χ2n) is 7.19. The first-order chi connectivity index (χ1) is 14.0. The lowest BCUT2D eigenvalue weighted by Gasteiger charge is -2.11. The molecule has 0 radical (unpaired) electrons. The van der Waals surface area contributed by atoms with Crippen molar-refractivity contribution in [2.24, 2.45) is 0 Å². The summed E-state index contributed by atoms with van der Waals surface area (Å²) in [7, 11) is 0. The third kappa shape index (κ3) is 3.87. The van der Waals surface area contributed by atoms with E-state index in [-0.39, 0.29) is 5.91 Å². The minimum atomic E-state index is -0.182. The van der Waals surface area contributed by atoms with Crippen LogP contribution in [-0.4, -0.2) is 5.91 Å². The molecule has 1 amide bonds. The lowest BCUT2D eigenvalue weighted by molar-refractivity contribution is 0.102. The van der Waals surface area contributed by atoms with Crippen molar-refractivity contribution in [2.75, 3.05) is 5.32 Å². The molecule has 0 bridgehead atoms. The SMILES string of the molecule is Cc1cccc(C)c1NC(=O)c1c(C)oc2ccc(OCc3ccccc3)cc12. The van der Waals surface area contributed by atoms with Gasteiger partial charge in [-0.3, -0.25) is 4.79 Å². The van der Waals surface area contributed by atoms with Gasteiger partial charge in [-0.15, -0.1) is 0 Å². The van der Waals surface area contributed by atoms with Crippen molar-refractivity contribution in [2.45, 2.75) is 27.4 Å². The number of carbonyl (C=O) groups excluding carboxylic acids is 1. The molecule has 1 aromatic heterocycles. The Morgan fingerprint density at radius 1 is 0.931 bits per heavy atom. The molecule has 29 heavy (non-hydrogen) atoms. The summed E-state index contributed by atoms with van der Waals surface area (Å²) in [5.74, 6) is 1.10. The van der Waals surface area contributed by atoms with Gasteiger partial charge in [0.15, 0.2) is 0 Å². The van der Waals surface area contributed by atoms with Gasteiger partial charge < -0.3 is 14.5 Å². The number of carbonyl (C=O) groups is 1. The van der Waals surface area contributed by atoms with Gasteiger partial charge in [0.05, 0.1) is 5.56 Å². The summed E-state index contributed by atoms with van der Waals surface area (Å²) in [6, 6.07) is 21.5. The maximum Gasteiger partial charge on any atom is 0.259 e. The molecule has 4 nitrogen and oxygen atoms in total. The number of benzene rings is 3. The molecule has 3 aromatic carbocycles. The highest BCUT2D eigenvalue weighted by Crippen LogP contribution is 2.31. The number of anilines is 1. The molecule has 0 saturated carbocycles. The van der Waals surface area contributed by atoms with Gasteiger partial charge in [-0.05, 0) is 55.7 Å². The van der Waals surface area contributed by atoms with Gasteiger partial charge in [-0.1, -0.05) is 48.5 Å². The summed E-state index contributed by atoms with van der Waals surface area (Å²) in [5.41, 5.74) is 5.17. The van der Waals surface area contributed by atoms with E-state index in [0.717, 1.165) is 27.8 Å². The number of furan rings is 1. The van der Waals surface area contributed by atoms with E-state index >= 15 is 0 Å². The van der Waals surface area contributed by atoms with Crippen LogP contribution < -0.4 is 10.1 Å². The quantitative estimate of drug-likeness (QED) is 0.446. The topological polar surface area (TPSA) is 51.5 Å². The van der Waals surface area contributed by atoms with Crippen molar-refractivity contribution >= 4 is 22.6 Å². The highest BCUT2D eigenvalue weighted by atomic mass is 16.5. The van der Waals surface area contributed by atoms with E-state index in [1.807, 2.05) is 87.5 Å². The van der Waals surface area contributed by atoms with E-state index in [0.29, 0.717) is 29.3 Å². The van der Waals surface area contributed by atoms with Crippen LogP contribution in [0, 0.1) is 20.8 Å². The Hall–Kier alpha value is -3.53. The number of aryl methyl sites for hydroxylation is 3. The Bertz CT molecular complexity index is 1160. The van der Waals surface area contributed by atoms with Crippen LogP contribution in [0.2, 0.25) is 0 Å². The Morgan fingerprint density at radius 2 is 1.66 bits per heavy atom. The van der Waals surface area contributed by atoms with Gasteiger partial charge in [0, 0.05) is 11.1 Å². The molecule has 1 heterocycles. The van der Waals surface area contributed by atoms with Crippen LogP contribution in [0.1, 0.15) is 32.8 Å². The van der Waals surface area contributed by atoms with E-state index < -0.39 is 0 Å². The summed E-state index contributed by atoms with van der Waals surface area (Å²) in [5, 5.41) is 3.80. The molecule has 0 aliphatic heterocycles. The number of nitrogens with one attached hydrogen (secondary N) is 1. The number of hydrogen-bond acceptors (Lipinski definition) is 3. The molecule has 4 aromatic rings. The van der Waals surface area contributed by atoms with Crippen molar-refractivity contribution in [3.8, 4) is 5.75 Å². The summed E-state index contributed by atoms with van der Waals surface area (Å²) < 4.78 is 11.7. The summed E-state index contributed by atoms with van der Waals surface area (Å²) in [4.78, 5) is 13.1. The highest BCUT2D eigenvalue weighted by molar-refractivity contribution is 6.13. The number of rotatable bonds is 5. The molecular formula is C25H23NO3. The Balaban J connectivity index is 1.63. The fourth-order valence-corrected chi connectivity index (χ4v) is 3.50. The zero-order valence-electron chi connectivity index (χ0n) is 16.8. The smallest absolute Gasteiger partial charge is 0.259 e. The van der Waals surface area contributed by atoms with Crippen LogP contribution in [-0.2, 0) is 6.61 Å². The number of ether oxygens (including phenoxy) is 1. The molecule has 0 unspecified atom stereocenters. The lowest BCUT2D eigenvalue weighted by Crippen LogP contribution is -2.14. The number of amides is 1. The molecule has 0 aliphatic rings. The molecule has 0 fully saturated rings. The summed E-state index contributed by atoms with van der Waals surface area (Å²) in [6.07, 6.45) is 0. The van der Waals surface area contributed by atoms with Gasteiger partial charge in [-0.25, -0.2) is 0 Å². The minimum Gasteiger partial charge on any atom is -0.489 e. The number of hydrogen-bond donors (Lipinski definition) is 1. The van der Waals surface area contributed by atoms with Crippen molar-refractivity contribution < 1.29 is 13.9 Å². The maximum absolute atomic E-state index is 13.1. The van der Waals surface area contributed by atoms with Crippen LogP contribution in [0.3, 0.4) is 0 Å². The zero-order chi connectivity index (χ0) is 20.4. The van der Waals surface area contributed by atoms with E-state index in [9.17, 15) is 4.79 Å². The van der Waals surface area contributed by atoms with Gasteiger partial charge in [0.1, 0.15) is 23.7 Å². The van der Waals surface area contributed by atoms with Crippen molar-refractivity contribution in [1.29, 1.82) is 0 Å². The highest BCUT2D eigenvalue weighted by Gasteiger charge is 2.20. The molecule has 0 aliphatic carbocycles. The Kier molecular flexibility index (Phi) is 5.09. The first kappa shape index (κ1) is 18.8. The summed E-state index contributed by atoms with van der Waals surface area (Å²) in [6.45, 7) is 6.24. The van der Waals surface area contributed by atoms with Gasteiger partial charge in [0.25, 0.3) is 5.91 Å². The maximum atomic E-state index is 13.1. The van der Waals surface area contributed by atoms with E-state index in [2.05, 4.69) is 5.32 Å². The molecule has 4 heteroatoms. The van der Waals surface area contributed by atoms with Crippen LogP contribution in [0.4, 0.5) is 5.69 Å². The van der Waals surface area contributed by atoms with E-state index in [1.54, 1.807) is 0 Å². The summed E-state index contributed by atoms with van der Waals surface area (Å²) >= 11 is 0. The fourth-order valence-electron chi connectivity index (χ4n) is 3.50. The first-order valence-electron chi connectivity index (χ1n) is 9.60. The zero-order valence-corrected chi connectivity index (χ0v) is 16.8. The molecule has 146 valence electrons. The van der Waals surface area contributed by atoms with Gasteiger partial charge >= 0.3 is 0 Å². The van der Waals surface area contributed by atoms with Crippen molar-refractivity contribution in [3.63, 3.8) is 0 Å². The van der Waals surface area contributed by atoms with Gasteiger partial charge in [0.2, 0.25) is 0 Å². The van der Waals surface area contributed by atoms with Crippen molar-refractivity contribution in [3.05, 3.63) is 94.7 Å². The largest absolute Gasteiger partial charge is 0.489 e. The number of fused-ring (bicyclic) bond motifs is 1. The fraction of sp³-hybridized carbons (Fsp3) is 0.160. The van der Waals surface area contributed by atoms with Crippen LogP contribution in [0.25, 0.3) is 11.0 Å². The Labute approximate surface area is 170 Å². The van der Waals surface area contributed by atoms with Crippen LogP contribution in [0.15, 0.2) is 71.1 Å². The van der Waals surface area contributed by atoms with E-state index in [4.69, 9.17) is 9.15 Å². The normalized spacial score (nSPS) is 10.9. The predicted molar refractivity (Wildman–Crippen MR) is 116 cm³/mol. The van der Waals surface area contributed by atoms with Crippen LogP contribution >= 0.6 is 0 Å². The molecule has 0 atom stereocenters. The monoisotopic (exact) mass is 385 g/mol. The van der Waals surface area contributed by atoms with Crippen LogP contribution in [0.5, 0.6) is 5.75 Å². The second kappa shape index (κ2) is 7.84. The Morgan fingerprint density at radius 3 is 2.38 bits per heavy atom. The standard InChI is InChI=1S/C25H23NO3/c1-16-8-7-9-17(2)24(16)26-25(27)23-18(3)29-22-13-12-20(14-21(22)23)28-15-19-10-5-4-6-11-19/h4-14H,15H2,1-3H3,(H,26,27). The third-order valence-electron chi connectivity index (χ3n) is 5.03. The van der Waals surface area contributed by atoms with E-state index in [1.165, 1.54) is 0 Å². The molecule has 4 rings (SSSR count). The molecule has 0 saturated heterocycles. The third-order valence-corrected chi connectivity index (χ3v) is 5.03. The number of para-hydroxylation sites is 1. The first-order valence-corrected chi connectivity index (χ1v) is 9.60. The average molecular weight is 385 g/mol. The van der Waals surface area contributed by atoms with Gasteiger partial charge in [-0.2, -0.15) is 0 Å². The molecular weight excluding hydrogens is 362 g/mol. The minimum absolute atomic E-state index is 0.182. The second-order valence-corrected chi connectivity index (χ2v) is 7.19.